The van der Waals surface area contributed by atoms with Crippen molar-refractivity contribution < 1.29 is 9.90 Å². The first-order valence-corrected chi connectivity index (χ1v) is 8.70. The van der Waals surface area contributed by atoms with Crippen molar-refractivity contribution in [2.75, 3.05) is 12.4 Å². The van der Waals surface area contributed by atoms with Crippen molar-refractivity contribution in [2.24, 2.45) is 0 Å². The molecule has 0 aliphatic carbocycles. The van der Waals surface area contributed by atoms with Crippen molar-refractivity contribution in [3.8, 4) is 0 Å². The number of pyridine rings is 1. The van der Waals surface area contributed by atoms with Gasteiger partial charge < -0.3 is 14.8 Å². The Labute approximate surface area is 135 Å². The molecule has 2 heterocycles. The summed E-state index contributed by atoms with van der Waals surface area (Å²) in [5, 5.41) is 11.9. The summed E-state index contributed by atoms with van der Waals surface area (Å²) in [5.74, 6) is 1.14. The minimum atomic E-state index is 0.0184. The number of carbonyl (C=O) groups is 1. The molecule has 0 fully saturated rings. The average molecular weight is 321 g/mol. The maximum absolute atomic E-state index is 11.9. The van der Waals surface area contributed by atoms with E-state index in [1.807, 2.05) is 35.9 Å². The molecule has 0 spiro atoms. The summed E-state index contributed by atoms with van der Waals surface area (Å²) in [6.45, 7) is 4.16. The van der Waals surface area contributed by atoms with Gasteiger partial charge in [0, 0.05) is 30.8 Å². The lowest BCUT2D eigenvalue weighted by atomic mass is 10.1. The summed E-state index contributed by atoms with van der Waals surface area (Å²) in [6.07, 6.45) is 5.50. The number of aromatic nitrogens is 2. The summed E-state index contributed by atoms with van der Waals surface area (Å²) < 4.78 is 2.01. The van der Waals surface area contributed by atoms with E-state index in [2.05, 4.69) is 17.2 Å². The smallest absolute Gasteiger partial charge is 0.230 e. The Kier molecular flexibility index (Phi) is 6.27. The van der Waals surface area contributed by atoms with Gasteiger partial charge in [0.1, 0.15) is 5.65 Å². The molecule has 0 aliphatic heterocycles. The van der Waals surface area contributed by atoms with Gasteiger partial charge in [-0.05, 0) is 31.4 Å². The topological polar surface area (TPSA) is 66.6 Å². The molecule has 0 aliphatic rings. The van der Waals surface area contributed by atoms with Gasteiger partial charge in [-0.2, -0.15) is 0 Å². The van der Waals surface area contributed by atoms with E-state index in [0.29, 0.717) is 17.9 Å². The van der Waals surface area contributed by atoms with Crippen LogP contribution in [0.4, 0.5) is 0 Å². The van der Waals surface area contributed by atoms with Crippen LogP contribution in [0.2, 0.25) is 0 Å². The highest BCUT2D eigenvalue weighted by molar-refractivity contribution is 7.99. The lowest BCUT2D eigenvalue weighted by molar-refractivity contribution is -0.119. The monoisotopic (exact) mass is 321 g/mol. The number of hydrogen-bond donors (Lipinski definition) is 2. The zero-order valence-corrected chi connectivity index (χ0v) is 13.9. The highest BCUT2D eigenvalue weighted by Gasteiger charge is 2.10. The third-order valence-corrected chi connectivity index (χ3v) is 4.43. The molecule has 0 saturated heterocycles. The third kappa shape index (κ3) is 4.74. The number of rotatable bonds is 8. The average Bonchev–Trinajstić information content (AvgIpc) is 2.88. The van der Waals surface area contributed by atoms with Crippen LogP contribution < -0.4 is 5.32 Å². The van der Waals surface area contributed by atoms with Crippen LogP contribution >= 0.6 is 11.8 Å². The Morgan fingerprint density at radius 3 is 3.00 bits per heavy atom. The molecule has 1 atom stereocenters. The predicted molar refractivity (Wildman–Crippen MR) is 90.0 cm³/mol. The molecule has 2 rings (SSSR count). The third-order valence-electron chi connectivity index (χ3n) is 3.47. The van der Waals surface area contributed by atoms with Gasteiger partial charge in [-0.1, -0.05) is 13.0 Å². The molecule has 2 aromatic rings. The fourth-order valence-electron chi connectivity index (χ4n) is 2.28. The molecule has 22 heavy (non-hydrogen) atoms. The number of aryl methyl sites for hydroxylation is 1. The van der Waals surface area contributed by atoms with Crippen molar-refractivity contribution in [3.05, 3.63) is 35.8 Å². The number of carbonyl (C=O) groups excluding carboxylic acids is 1. The van der Waals surface area contributed by atoms with E-state index in [0.717, 1.165) is 17.8 Å². The molecule has 6 heteroatoms. The van der Waals surface area contributed by atoms with E-state index in [1.165, 1.54) is 5.56 Å². The van der Waals surface area contributed by atoms with E-state index < -0.39 is 0 Å². The van der Waals surface area contributed by atoms with Gasteiger partial charge in [0.05, 0.1) is 11.4 Å². The molecule has 120 valence electrons. The zero-order chi connectivity index (χ0) is 15.9. The minimum Gasteiger partial charge on any atom is -0.396 e. The molecule has 2 aromatic heterocycles. The fourth-order valence-corrected chi connectivity index (χ4v) is 3.00. The van der Waals surface area contributed by atoms with E-state index in [-0.39, 0.29) is 18.6 Å². The maximum atomic E-state index is 11.9. The van der Waals surface area contributed by atoms with Crippen molar-refractivity contribution in [3.63, 3.8) is 0 Å². The highest BCUT2D eigenvalue weighted by Crippen LogP contribution is 2.13. The normalized spacial score (nSPS) is 12.5. The van der Waals surface area contributed by atoms with E-state index >= 15 is 0 Å². The summed E-state index contributed by atoms with van der Waals surface area (Å²) in [5.41, 5.74) is 3.10. The summed E-state index contributed by atoms with van der Waals surface area (Å²) >= 11 is 1.55. The van der Waals surface area contributed by atoms with Crippen LogP contribution in [0.25, 0.3) is 5.65 Å². The van der Waals surface area contributed by atoms with Crippen LogP contribution in [-0.4, -0.2) is 38.8 Å². The molecule has 0 bridgehead atoms. The second kappa shape index (κ2) is 8.19. The Hall–Kier alpha value is -1.53. The maximum Gasteiger partial charge on any atom is 0.230 e. The van der Waals surface area contributed by atoms with Crippen molar-refractivity contribution in [1.29, 1.82) is 0 Å². The van der Waals surface area contributed by atoms with Gasteiger partial charge >= 0.3 is 0 Å². The van der Waals surface area contributed by atoms with E-state index in [4.69, 9.17) is 5.11 Å². The van der Waals surface area contributed by atoms with Crippen LogP contribution in [0.5, 0.6) is 0 Å². The van der Waals surface area contributed by atoms with Gasteiger partial charge in [-0.15, -0.1) is 11.8 Å². The van der Waals surface area contributed by atoms with E-state index in [9.17, 15) is 4.79 Å². The molecular formula is C16H23N3O2S. The highest BCUT2D eigenvalue weighted by atomic mass is 32.2. The molecule has 0 radical (unpaired) electrons. The number of imidazole rings is 1. The second-order valence-corrected chi connectivity index (χ2v) is 6.37. The number of nitrogens with one attached hydrogen (secondary N) is 1. The number of aliphatic hydroxyl groups is 1. The molecule has 1 amide bonds. The van der Waals surface area contributed by atoms with Gasteiger partial charge in [0.2, 0.25) is 5.91 Å². The summed E-state index contributed by atoms with van der Waals surface area (Å²) in [4.78, 5) is 16.4. The van der Waals surface area contributed by atoms with Gasteiger partial charge in [0.15, 0.2) is 0 Å². The standard InChI is InChI=1S/C16H23N3O2S/c1-3-13(6-7-20)18-16(21)11-22-10-14-9-19-8-12(2)4-5-15(19)17-14/h4-5,8-9,13,20H,3,6-7,10-11H2,1-2H3,(H,18,21). The number of fused-ring (bicyclic) bond motifs is 1. The van der Waals surface area contributed by atoms with Gasteiger partial charge in [0.25, 0.3) is 0 Å². The van der Waals surface area contributed by atoms with Crippen LogP contribution in [0.15, 0.2) is 24.5 Å². The number of hydrogen-bond acceptors (Lipinski definition) is 4. The largest absolute Gasteiger partial charge is 0.396 e. The number of nitrogens with zero attached hydrogens (tertiary/aromatic N) is 2. The fraction of sp³-hybridized carbons (Fsp3) is 0.500. The van der Waals surface area contributed by atoms with Crippen LogP contribution in [-0.2, 0) is 10.5 Å². The number of aliphatic hydroxyl groups excluding tert-OH is 1. The van der Waals surface area contributed by atoms with Crippen molar-refractivity contribution in [2.45, 2.75) is 38.5 Å². The predicted octanol–water partition coefficient (Wildman–Crippen LogP) is 2.15. The lowest BCUT2D eigenvalue weighted by Crippen LogP contribution is -2.36. The molecule has 2 N–H and O–H groups in total. The zero-order valence-electron chi connectivity index (χ0n) is 13.1. The first-order valence-electron chi connectivity index (χ1n) is 7.54. The molecule has 0 saturated carbocycles. The van der Waals surface area contributed by atoms with Crippen molar-refractivity contribution >= 4 is 23.3 Å². The Morgan fingerprint density at radius 2 is 2.27 bits per heavy atom. The van der Waals surface area contributed by atoms with Crippen LogP contribution in [0.1, 0.15) is 31.0 Å². The summed E-state index contributed by atoms with van der Waals surface area (Å²) in [6, 6.07) is 4.10. The molecule has 5 nitrogen and oxygen atoms in total. The Balaban J connectivity index is 1.80. The Bertz CT molecular complexity index is 627. The lowest BCUT2D eigenvalue weighted by Gasteiger charge is -2.15. The summed E-state index contributed by atoms with van der Waals surface area (Å²) in [7, 11) is 0. The van der Waals surface area contributed by atoms with E-state index in [1.54, 1.807) is 11.8 Å². The van der Waals surface area contributed by atoms with Gasteiger partial charge in [-0.3, -0.25) is 4.79 Å². The number of thioether (sulfide) groups is 1. The first kappa shape index (κ1) is 16.8. The quantitative estimate of drug-likeness (QED) is 0.782. The van der Waals surface area contributed by atoms with Crippen molar-refractivity contribution in [1.82, 2.24) is 14.7 Å². The second-order valence-electron chi connectivity index (χ2n) is 5.38. The van der Waals surface area contributed by atoms with Gasteiger partial charge in [-0.25, -0.2) is 4.98 Å². The SMILES string of the molecule is CCC(CCO)NC(=O)CSCc1cn2cc(C)ccc2n1. The molecule has 0 aromatic carbocycles. The molecule has 1 unspecified atom stereocenters. The molecular weight excluding hydrogens is 298 g/mol. The minimum absolute atomic E-state index is 0.0184. The first-order chi connectivity index (χ1) is 10.6. The van der Waals surface area contributed by atoms with Crippen LogP contribution in [0, 0.1) is 6.92 Å². The number of amides is 1. The van der Waals surface area contributed by atoms with Crippen LogP contribution in [0.3, 0.4) is 0 Å². The Morgan fingerprint density at radius 1 is 1.45 bits per heavy atom.